The zero-order chi connectivity index (χ0) is 35.2. The Balaban J connectivity index is 1.42. The minimum atomic E-state index is -1.63. The summed E-state index contributed by atoms with van der Waals surface area (Å²) in [5.41, 5.74) is 2.53. The van der Waals surface area contributed by atoms with Crippen molar-refractivity contribution >= 4 is 41.7 Å². The minimum absolute atomic E-state index is 0.171. The van der Waals surface area contributed by atoms with Gasteiger partial charge in [-0.15, -0.1) is 5.10 Å². The number of imide groups is 2. The number of amides is 5. The van der Waals surface area contributed by atoms with E-state index in [1.165, 1.54) is 0 Å². The molecule has 0 spiro atoms. The highest BCUT2D eigenvalue weighted by molar-refractivity contribution is 6.15. The van der Waals surface area contributed by atoms with Crippen LogP contribution in [0.3, 0.4) is 0 Å². The second-order valence-corrected chi connectivity index (χ2v) is 11.4. The smallest absolute Gasteiger partial charge is 0.334 e. The van der Waals surface area contributed by atoms with E-state index >= 15 is 0 Å². The Labute approximate surface area is 274 Å². The first-order chi connectivity index (χ1) is 22.9. The lowest BCUT2D eigenvalue weighted by molar-refractivity contribution is -0.154. The third-order valence-electron chi connectivity index (χ3n) is 7.77. The number of urea groups is 1. The van der Waals surface area contributed by atoms with E-state index in [0.717, 1.165) is 11.3 Å². The third-order valence-corrected chi connectivity index (χ3v) is 7.77. The van der Waals surface area contributed by atoms with Gasteiger partial charge in [-0.25, -0.2) is 19.2 Å². The number of unbranched alkanes of at least 4 members (excludes halogenated alkanes) is 1. The van der Waals surface area contributed by atoms with E-state index in [4.69, 9.17) is 5.11 Å². The lowest BCUT2D eigenvalue weighted by atomic mass is 10.0. The number of alkyl halides is 1. The number of carboxylic acids is 3. The van der Waals surface area contributed by atoms with E-state index in [0.29, 0.717) is 47.6 Å². The van der Waals surface area contributed by atoms with Crippen molar-refractivity contribution < 1.29 is 53.3 Å². The molecule has 1 fully saturated rings. The Morgan fingerprint density at radius 1 is 0.875 bits per heavy atom. The largest absolute Gasteiger partial charge is 0.481 e. The molecule has 0 aliphatic carbocycles. The molecule has 1 aromatic heterocycles. The molecule has 3 rings (SSSR count). The summed E-state index contributed by atoms with van der Waals surface area (Å²) in [4.78, 5) is 85.7. The summed E-state index contributed by atoms with van der Waals surface area (Å²) in [5.74, 6) is -7.87. The molecular formula is C31H39FN6O10. The molecule has 16 nitrogen and oxygen atoms in total. The van der Waals surface area contributed by atoms with E-state index < -0.39 is 73.8 Å². The van der Waals surface area contributed by atoms with Gasteiger partial charge in [-0.3, -0.25) is 33.3 Å². The summed E-state index contributed by atoms with van der Waals surface area (Å²) in [6, 6.07) is 4.70. The van der Waals surface area contributed by atoms with Crippen molar-refractivity contribution in [2.45, 2.75) is 76.7 Å². The number of nitrogens with zero attached hydrogens (tertiary/aromatic N) is 5. The number of aryl methyl sites for hydroxylation is 2. The van der Waals surface area contributed by atoms with Crippen LogP contribution in [0.4, 0.5) is 9.18 Å². The fourth-order valence-corrected chi connectivity index (χ4v) is 5.15. The Hall–Kier alpha value is -5.22. The summed E-state index contributed by atoms with van der Waals surface area (Å²) < 4.78 is 14.0. The van der Waals surface area contributed by atoms with Crippen LogP contribution >= 0.6 is 0 Å². The van der Waals surface area contributed by atoms with Gasteiger partial charge >= 0.3 is 23.9 Å². The molecule has 0 saturated carbocycles. The van der Waals surface area contributed by atoms with Crippen LogP contribution in [0.25, 0.3) is 5.69 Å². The molecule has 0 unspecified atom stereocenters. The lowest BCUT2D eigenvalue weighted by Crippen LogP contribution is -2.61. The average Bonchev–Trinajstić information content (AvgIpc) is 3.51. The SMILES string of the molecule is O=C(O)CC[C@H](CN1C(=O)CC(=O)N([C@@H](CCCCNC(=O)CCCc2ccc(-n3cc(CCCF)nn3)cc2)C(=O)O)C1=O)C(=O)O. The number of aromatic nitrogens is 3. The Morgan fingerprint density at radius 2 is 1.60 bits per heavy atom. The van der Waals surface area contributed by atoms with Crippen LogP contribution in [0.2, 0.25) is 0 Å². The minimum Gasteiger partial charge on any atom is -0.481 e. The molecule has 1 aliphatic heterocycles. The molecule has 17 heteroatoms. The average molecular weight is 675 g/mol. The summed E-state index contributed by atoms with van der Waals surface area (Å²) in [6.07, 6.45) is 2.76. The van der Waals surface area contributed by atoms with Crippen molar-refractivity contribution in [3.63, 3.8) is 0 Å². The number of hydrogen-bond acceptors (Lipinski definition) is 9. The van der Waals surface area contributed by atoms with Crippen molar-refractivity contribution in [1.29, 1.82) is 0 Å². The number of barbiturate groups is 1. The predicted molar refractivity (Wildman–Crippen MR) is 163 cm³/mol. The number of rotatable bonds is 21. The Bertz CT molecular complexity index is 1480. The maximum Gasteiger partial charge on any atom is 0.334 e. The van der Waals surface area contributed by atoms with Gasteiger partial charge in [-0.2, -0.15) is 0 Å². The Morgan fingerprint density at radius 3 is 2.25 bits per heavy atom. The fourth-order valence-electron chi connectivity index (χ4n) is 5.15. The fraction of sp³-hybridized carbons (Fsp3) is 0.516. The van der Waals surface area contributed by atoms with Crippen LogP contribution in [-0.4, -0.2) is 108 Å². The molecule has 2 atom stereocenters. The van der Waals surface area contributed by atoms with Gasteiger partial charge in [0.1, 0.15) is 12.5 Å². The van der Waals surface area contributed by atoms with Gasteiger partial charge in [0.15, 0.2) is 0 Å². The number of carbonyl (C=O) groups is 7. The number of halogens is 1. The van der Waals surface area contributed by atoms with Gasteiger partial charge in [0.25, 0.3) is 0 Å². The molecule has 1 aromatic carbocycles. The van der Waals surface area contributed by atoms with Gasteiger partial charge in [0, 0.05) is 25.9 Å². The summed E-state index contributed by atoms with van der Waals surface area (Å²) >= 11 is 0. The summed E-state index contributed by atoms with van der Waals surface area (Å²) in [7, 11) is 0. The molecule has 1 aliphatic rings. The number of nitrogens with one attached hydrogen (secondary N) is 1. The van der Waals surface area contributed by atoms with Gasteiger partial charge in [0.2, 0.25) is 17.7 Å². The molecule has 4 N–H and O–H groups in total. The van der Waals surface area contributed by atoms with Crippen LogP contribution in [0.1, 0.15) is 69.0 Å². The van der Waals surface area contributed by atoms with E-state index in [2.05, 4.69) is 15.6 Å². The molecule has 260 valence electrons. The molecular weight excluding hydrogens is 635 g/mol. The second-order valence-electron chi connectivity index (χ2n) is 11.4. The van der Waals surface area contributed by atoms with Crippen LogP contribution in [0.5, 0.6) is 0 Å². The highest BCUT2D eigenvalue weighted by Gasteiger charge is 2.45. The third kappa shape index (κ3) is 10.9. The number of carboxylic acid groups (broad SMARTS) is 3. The molecule has 2 aromatic rings. The van der Waals surface area contributed by atoms with Crippen LogP contribution in [0, 0.1) is 5.92 Å². The standard InChI is InChI=1S/C31H39FN6O10/c32-15-4-6-22-19-37(35-34-22)23-12-9-20(10-13-23)5-3-8-25(39)33-16-2-1-7-24(30(46)47)38-27(41)17-26(40)36(31(38)48)18-21(29(44)45)11-14-28(42)43/h9-10,12-13,19,21,24H,1-8,11,14-18H2,(H,33,39)(H,42,43)(H,44,45)(H,46,47)/t21-,24+/m1/s1. The number of aliphatic carboxylic acids is 3. The quantitative estimate of drug-likeness (QED) is 0.110. The van der Waals surface area contributed by atoms with Gasteiger partial charge in [-0.05, 0) is 69.1 Å². The van der Waals surface area contributed by atoms with Crippen LogP contribution < -0.4 is 5.32 Å². The van der Waals surface area contributed by atoms with Gasteiger partial charge in [0.05, 0.1) is 30.2 Å². The zero-order valence-corrected chi connectivity index (χ0v) is 26.3. The van der Waals surface area contributed by atoms with Crippen molar-refractivity contribution in [3.8, 4) is 5.69 Å². The first kappa shape index (κ1) is 37.2. The molecule has 1 saturated heterocycles. The number of benzene rings is 1. The zero-order valence-electron chi connectivity index (χ0n) is 26.3. The second kappa shape index (κ2) is 18.2. The van der Waals surface area contributed by atoms with Crippen LogP contribution in [-0.2, 0) is 41.6 Å². The highest BCUT2D eigenvalue weighted by atomic mass is 19.1. The summed E-state index contributed by atoms with van der Waals surface area (Å²) in [6.45, 7) is -0.896. The first-order valence-corrected chi connectivity index (χ1v) is 15.6. The monoisotopic (exact) mass is 674 g/mol. The first-order valence-electron chi connectivity index (χ1n) is 15.6. The van der Waals surface area contributed by atoms with E-state index in [1.54, 1.807) is 10.9 Å². The van der Waals surface area contributed by atoms with Crippen molar-refractivity contribution in [2.24, 2.45) is 5.92 Å². The van der Waals surface area contributed by atoms with E-state index in [1.807, 2.05) is 24.3 Å². The normalized spacial score (nSPS) is 14.6. The molecule has 5 amide bonds. The number of hydrogen-bond donors (Lipinski definition) is 4. The van der Waals surface area contributed by atoms with Crippen molar-refractivity contribution in [1.82, 2.24) is 30.1 Å². The topological polar surface area (TPSA) is 229 Å². The van der Waals surface area contributed by atoms with E-state index in [-0.39, 0.29) is 38.1 Å². The Kier molecular flexibility index (Phi) is 14.1. The predicted octanol–water partition coefficient (Wildman–Crippen LogP) is 1.98. The lowest BCUT2D eigenvalue weighted by Gasteiger charge is -2.36. The summed E-state index contributed by atoms with van der Waals surface area (Å²) in [5, 5.41) is 38.9. The molecule has 0 bridgehead atoms. The van der Waals surface area contributed by atoms with Crippen molar-refractivity contribution in [3.05, 3.63) is 41.7 Å². The maximum absolute atomic E-state index is 13.0. The van der Waals surface area contributed by atoms with Gasteiger partial charge < -0.3 is 20.6 Å². The molecule has 0 radical (unpaired) electrons. The molecule has 2 heterocycles. The van der Waals surface area contributed by atoms with Gasteiger partial charge in [-0.1, -0.05) is 17.3 Å². The van der Waals surface area contributed by atoms with E-state index in [9.17, 15) is 48.2 Å². The highest BCUT2D eigenvalue weighted by Crippen LogP contribution is 2.22. The van der Waals surface area contributed by atoms with Crippen LogP contribution in [0.15, 0.2) is 30.5 Å². The maximum atomic E-state index is 13.0. The molecule has 48 heavy (non-hydrogen) atoms. The van der Waals surface area contributed by atoms with Crippen molar-refractivity contribution in [2.75, 3.05) is 19.8 Å². The number of carbonyl (C=O) groups excluding carboxylic acids is 4.